The third-order valence-electron chi connectivity index (χ3n) is 6.26. The number of hydrogen-bond donors (Lipinski definition) is 0. The van der Waals surface area contributed by atoms with Crippen molar-refractivity contribution in [2.24, 2.45) is 0 Å². The highest BCUT2D eigenvalue weighted by Gasteiger charge is 2.33. The average molecular weight is 368 g/mol. The van der Waals surface area contributed by atoms with Crippen molar-refractivity contribution in [2.45, 2.75) is 56.4 Å². The lowest BCUT2D eigenvalue weighted by molar-refractivity contribution is 0.392. The molecular weight excluding hydrogens is 343 g/mol. The predicted molar refractivity (Wildman–Crippen MR) is 102 cm³/mol. The first kappa shape index (κ1) is 16.8. The molecule has 5 rings (SSSR count). The molecule has 2 saturated carbocycles. The molecular formula is C20H25FN6. The van der Waals surface area contributed by atoms with Crippen LogP contribution in [-0.4, -0.2) is 46.1 Å². The highest BCUT2D eigenvalue weighted by Crippen LogP contribution is 2.39. The summed E-state index contributed by atoms with van der Waals surface area (Å²) >= 11 is 0. The van der Waals surface area contributed by atoms with Crippen LogP contribution < -0.4 is 9.80 Å². The second kappa shape index (κ2) is 6.69. The van der Waals surface area contributed by atoms with Crippen molar-refractivity contribution in [1.82, 2.24) is 19.9 Å². The topological polar surface area (TPSA) is 58.0 Å². The number of anilines is 2. The molecule has 3 aliphatic rings. The Morgan fingerprint density at radius 1 is 1.07 bits per heavy atom. The Bertz CT molecular complexity index is 835. The Hall–Kier alpha value is -2.31. The van der Waals surface area contributed by atoms with Crippen LogP contribution in [0.15, 0.2) is 18.6 Å². The Kier molecular flexibility index (Phi) is 4.17. The number of likely N-dealkylation sites (N-methyl/N-ethyl adjacent to an activating group) is 1. The van der Waals surface area contributed by atoms with E-state index in [1.165, 1.54) is 25.6 Å². The maximum Gasteiger partial charge on any atom is 0.187 e. The number of nitrogens with zero attached hydrogens (tertiary/aromatic N) is 6. The minimum Gasteiger partial charge on any atom is -0.355 e. The standard InChI is InChI=1S/C20H25FN6/c1-26(16-7-9-22-19(25-16)14-5-6-14)15-8-10-27(11-15)20-17(21)18(23-12-24-20)13-3-2-4-13/h7,9,12-15H,2-6,8,10-11H2,1H3. The molecule has 0 bridgehead atoms. The van der Waals surface area contributed by atoms with E-state index in [9.17, 15) is 4.39 Å². The molecule has 2 aromatic heterocycles. The van der Waals surface area contributed by atoms with Gasteiger partial charge in [0, 0.05) is 44.2 Å². The van der Waals surface area contributed by atoms with E-state index in [0.717, 1.165) is 44.0 Å². The maximum atomic E-state index is 15.0. The molecule has 0 radical (unpaired) electrons. The molecule has 0 spiro atoms. The van der Waals surface area contributed by atoms with E-state index < -0.39 is 0 Å². The lowest BCUT2D eigenvalue weighted by atomic mass is 9.82. The summed E-state index contributed by atoms with van der Waals surface area (Å²) in [4.78, 5) is 21.9. The number of hydrogen-bond acceptors (Lipinski definition) is 6. The highest BCUT2D eigenvalue weighted by molar-refractivity contribution is 5.46. The smallest absolute Gasteiger partial charge is 0.187 e. The van der Waals surface area contributed by atoms with E-state index in [-0.39, 0.29) is 17.8 Å². The predicted octanol–water partition coefficient (Wildman–Crippen LogP) is 3.27. The summed E-state index contributed by atoms with van der Waals surface area (Å²) in [5.74, 6) is 2.97. The minimum atomic E-state index is -0.219. The van der Waals surface area contributed by atoms with Gasteiger partial charge >= 0.3 is 0 Å². The molecule has 3 fully saturated rings. The largest absolute Gasteiger partial charge is 0.355 e. The molecule has 7 heteroatoms. The summed E-state index contributed by atoms with van der Waals surface area (Å²) in [7, 11) is 2.07. The monoisotopic (exact) mass is 368 g/mol. The molecule has 2 aliphatic carbocycles. The quantitative estimate of drug-likeness (QED) is 0.807. The Labute approximate surface area is 158 Å². The Morgan fingerprint density at radius 3 is 2.67 bits per heavy atom. The van der Waals surface area contributed by atoms with Gasteiger partial charge in [0.1, 0.15) is 18.0 Å². The summed E-state index contributed by atoms with van der Waals surface area (Å²) in [6.07, 6.45) is 9.97. The third kappa shape index (κ3) is 3.13. The van der Waals surface area contributed by atoms with Crippen molar-refractivity contribution in [2.75, 3.05) is 29.9 Å². The van der Waals surface area contributed by atoms with Crippen molar-refractivity contribution in [1.29, 1.82) is 0 Å². The molecule has 0 N–H and O–H groups in total. The van der Waals surface area contributed by atoms with Crippen LogP contribution in [0.25, 0.3) is 0 Å². The summed E-state index contributed by atoms with van der Waals surface area (Å²) in [6.45, 7) is 1.55. The molecule has 1 unspecified atom stereocenters. The fourth-order valence-corrected chi connectivity index (χ4v) is 4.10. The molecule has 1 atom stereocenters. The van der Waals surface area contributed by atoms with Crippen molar-refractivity contribution in [3.05, 3.63) is 35.9 Å². The van der Waals surface area contributed by atoms with Crippen LogP contribution in [0.1, 0.15) is 61.9 Å². The van der Waals surface area contributed by atoms with Gasteiger partial charge in [-0.05, 0) is 38.2 Å². The SMILES string of the molecule is CN(c1ccnc(C2CC2)n1)C1CCN(c2ncnc(C3CCC3)c2F)C1. The Morgan fingerprint density at radius 2 is 1.93 bits per heavy atom. The molecule has 3 heterocycles. The van der Waals surface area contributed by atoms with Crippen LogP contribution in [0.2, 0.25) is 0 Å². The van der Waals surface area contributed by atoms with Crippen molar-refractivity contribution >= 4 is 11.6 Å². The van der Waals surface area contributed by atoms with E-state index in [1.54, 1.807) is 0 Å². The normalized spacial score (nSPS) is 22.7. The highest BCUT2D eigenvalue weighted by atomic mass is 19.1. The van der Waals surface area contributed by atoms with Gasteiger partial charge in [0.2, 0.25) is 0 Å². The third-order valence-corrected chi connectivity index (χ3v) is 6.26. The van der Waals surface area contributed by atoms with Crippen LogP contribution in [0, 0.1) is 5.82 Å². The van der Waals surface area contributed by atoms with Gasteiger partial charge in [0.15, 0.2) is 11.6 Å². The second-order valence-corrected chi connectivity index (χ2v) is 8.07. The maximum absolute atomic E-state index is 15.0. The van der Waals surface area contributed by atoms with Crippen LogP contribution in [0.5, 0.6) is 0 Å². The van der Waals surface area contributed by atoms with Crippen molar-refractivity contribution in [3.8, 4) is 0 Å². The van der Waals surface area contributed by atoms with E-state index in [0.29, 0.717) is 17.4 Å². The van der Waals surface area contributed by atoms with Gasteiger partial charge in [0.05, 0.1) is 5.69 Å². The number of aromatic nitrogens is 4. The van der Waals surface area contributed by atoms with Gasteiger partial charge in [-0.15, -0.1) is 0 Å². The van der Waals surface area contributed by atoms with Gasteiger partial charge < -0.3 is 9.80 Å². The number of rotatable bonds is 5. The first-order chi connectivity index (χ1) is 13.2. The molecule has 27 heavy (non-hydrogen) atoms. The van der Waals surface area contributed by atoms with Gasteiger partial charge in [-0.25, -0.2) is 24.3 Å². The van der Waals surface area contributed by atoms with E-state index in [2.05, 4.69) is 31.8 Å². The molecule has 0 aromatic carbocycles. The second-order valence-electron chi connectivity index (χ2n) is 8.07. The van der Waals surface area contributed by atoms with Crippen molar-refractivity contribution < 1.29 is 4.39 Å². The van der Waals surface area contributed by atoms with Crippen LogP contribution in [0.3, 0.4) is 0 Å². The molecule has 1 saturated heterocycles. The zero-order valence-corrected chi connectivity index (χ0v) is 15.7. The van der Waals surface area contributed by atoms with Gasteiger partial charge in [-0.1, -0.05) is 6.42 Å². The Balaban J connectivity index is 1.32. The number of halogens is 1. The first-order valence-electron chi connectivity index (χ1n) is 10.0. The fourth-order valence-electron chi connectivity index (χ4n) is 4.10. The average Bonchev–Trinajstić information content (AvgIpc) is 3.39. The molecule has 0 amide bonds. The first-order valence-corrected chi connectivity index (χ1v) is 10.0. The molecule has 2 aromatic rings. The summed E-state index contributed by atoms with van der Waals surface area (Å²) in [5, 5.41) is 0. The summed E-state index contributed by atoms with van der Waals surface area (Å²) < 4.78 is 15.0. The van der Waals surface area contributed by atoms with E-state index in [1.807, 2.05) is 12.3 Å². The van der Waals surface area contributed by atoms with E-state index >= 15 is 0 Å². The lowest BCUT2D eigenvalue weighted by Crippen LogP contribution is -2.35. The summed E-state index contributed by atoms with van der Waals surface area (Å²) in [5.41, 5.74) is 0.605. The van der Waals surface area contributed by atoms with Gasteiger partial charge in [-0.2, -0.15) is 0 Å². The minimum absolute atomic E-state index is 0.219. The molecule has 6 nitrogen and oxygen atoms in total. The van der Waals surface area contributed by atoms with Gasteiger partial charge in [0.25, 0.3) is 0 Å². The molecule has 1 aliphatic heterocycles. The van der Waals surface area contributed by atoms with Crippen LogP contribution >= 0.6 is 0 Å². The van der Waals surface area contributed by atoms with Crippen molar-refractivity contribution in [3.63, 3.8) is 0 Å². The van der Waals surface area contributed by atoms with Gasteiger partial charge in [-0.3, -0.25) is 0 Å². The van der Waals surface area contributed by atoms with E-state index in [4.69, 9.17) is 4.98 Å². The fraction of sp³-hybridized carbons (Fsp3) is 0.600. The molecule has 142 valence electrons. The summed E-state index contributed by atoms with van der Waals surface area (Å²) in [6, 6.07) is 2.25. The van der Waals surface area contributed by atoms with Crippen LogP contribution in [0.4, 0.5) is 16.0 Å². The van der Waals surface area contributed by atoms with Crippen LogP contribution in [-0.2, 0) is 0 Å². The lowest BCUT2D eigenvalue weighted by Gasteiger charge is -2.28. The zero-order valence-electron chi connectivity index (χ0n) is 15.7. The zero-order chi connectivity index (χ0) is 18.4.